The maximum atomic E-state index is 13.2. The molecule has 0 bridgehead atoms. The molecule has 158 valence electrons. The molecule has 2 aromatic carbocycles. The molecule has 5 aromatic rings. The molecule has 0 radical (unpaired) electrons. The van der Waals surface area contributed by atoms with Gasteiger partial charge in [-0.3, -0.25) is 4.79 Å². The maximum Gasteiger partial charge on any atom is 0.227 e. The molecule has 0 spiro atoms. The van der Waals surface area contributed by atoms with Crippen molar-refractivity contribution in [3.8, 4) is 11.5 Å². The van der Waals surface area contributed by atoms with Crippen molar-refractivity contribution in [1.29, 1.82) is 0 Å². The number of benzene rings is 2. The average molecular weight is 422 g/mol. The van der Waals surface area contributed by atoms with Crippen molar-refractivity contribution in [2.45, 2.75) is 26.4 Å². The van der Waals surface area contributed by atoms with Gasteiger partial charge in [0.1, 0.15) is 5.82 Å². The first kappa shape index (κ1) is 18.7. The summed E-state index contributed by atoms with van der Waals surface area (Å²) >= 11 is 0. The fraction of sp³-hybridized carbons (Fsp3) is 0.154. The van der Waals surface area contributed by atoms with Crippen LogP contribution in [0.1, 0.15) is 22.4 Å². The number of nitrogens with one attached hydrogen (secondary N) is 1. The predicted molar refractivity (Wildman–Crippen MR) is 124 cm³/mol. The van der Waals surface area contributed by atoms with Crippen LogP contribution in [0, 0.1) is 6.92 Å². The molecule has 6 rings (SSSR count). The van der Waals surface area contributed by atoms with E-state index in [9.17, 15) is 4.79 Å². The first-order chi connectivity index (χ1) is 15.7. The van der Waals surface area contributed by atoms with Gasteiger partial charge in [-0.05, 0) is 42.3 Å². The predicted octanol–water partition coefficient (Wildman–Crippen LogP) is 4.54. The lowest BCUT2D eigenvalue weighted by Crippen LogP contribution is -2.27. The van der Waals surface area contributed by atoms with Gasteiger partial charge in [-0.15, -0.1) is 0 Å². The number of aromatic nitrogens is 4. The van der Waals surface area contributed by atoms with E-state index in [2.05, 4.69) is 34.7 Å². The van der Waals surface area contributed by atoms with E-state index in [-0.39, 0.29) is 5.91 Å². The molecular weight excluding hydrogens is 398 g/mol. The zero-order chi connectivity index (χ0) is 21.7. The summed E-state index contributed by atoms with van der Waals surface area (Å²) in [6, 6.07) is 20.4. The number of hydrogen-bond donors (Lipinski definition) is 1. The Kier molecular flexibility index (Phi) is 4.24. The standard InChI is InChI=1S/C26H23N5O/c1-18-8-2-5-11-24(18)31-26(29-12-6-7-13-29)21-16-30(17-23(21)28-31)25(32)14-19-15-27-22-10-4-3-9-20(19)22/h2-13,15,27H,14,16-17H2,1H3. The summed E-state index contributed by atoms with van der Waals surface area (Å²) < 4.78 is 4.10. The highest BCUT2D eigenvalue weighted by molar-refractivity contribution is 5.89. The van der Waals surface area contributed by atoms with Gasteiger partial charge in [-0.1, -0.05) is 36.4 Å². The van der Waals surface area contributed by atoms with Crippen molar-refractivity contribution in [3.05, 3.63) is 102 Å². The zero-order valence-corrected chi connectivity index (χ0v) is 17.8. The molecule has 6 nitrogen and oxygen atoms in total. The summed E-state index contributed by atoms with van der Waals surface area (Å²) in [6.45, 7) is 3.19. The van der Waals surface area contributed by atoms with Crippen molar-refractivity contribution < 1.29 is 4.79 Å². The van der Waals surface area contributed by atoms with E-state index in [0.717, 1.165) is 44.8 Å². The van der Waals surface area contributed by atoms with Crippen LogP contribution in [0.5, 0.6) is 0 Å². The molecule has 32 heavy (non-hydrogen) atoms. The number of rotatable bonds is 4. The number of carbonyl (C=O) groups excluding carboxylic acids is 1. The summed E-state index contributed by atoms with van der Waals surface area (Å²) in [5.41, 5.74) is 6.38. The van der Waals surface area contributed by atoms with Gasteiger partial charge in [0.25, 0.3) is 0 Å². The fourth-order valence-corrected chi connectivity index (χ4v) is 4.64. The summed E-state index contributed by atoms with van der Waals surface area (Å²) in [4.78, 5) is 18.4. The summed E-state index contributed by atoms with van der Waals surface area (Å²) in [5, 5.41) is 6.06. The number of H-pyrrole nitrogens is 1. The molecule has 1 aliphatic rings. The summed E-state index contributed by atoms with van der Waals surface area (Å²) in [7, 11) is 0. The minimum Gasteiger partial charge on any atom is -0.361 e. The van der Waals surface area contributed by atoms with Gasteiger partial charge < -0.3 is 14.5 Å². The van der Waals surface area contributed by atoms with Crippen LogP contribution in [-0.4, -0.2) is 30.1 Å². The minimum absolute atomic E-state index is 0.119. The number of nitrogens with zero attached hydrogens (tertiary/aromatic N) is 4. The second kappa shape index (κ2) is 7.27. The lowest BCUT2D eigenvalue weighted by atomic mass is 10.1. The second-order valence-corrected chi connectivity index (χ2v) is 8.32. The molecule has 6 heteroatoms. The molecule has 1 aliphatic heterocycles. The third-order valence-corrected chi connectivity index (χ3v) is 6.29. The Morgan fingerprint density at radius 3 is 2.62 bits per heavy atom. The average Bonchev–Trinajstić information content (AvgIpc) is 3.58. The molecule has 1 amide bonds. The van der Waals surface area contributed by atoms with Crippen molar-refractivity contribution in [2.24, 2.45) is 0 Å². The van der Waals surface area contributed by atoms with E-state index >= 15 is 0 Å². The number of carbonyl (C=O) groups is 1. The SMILES string of the molecule is Cc1ccccc1-n1nc2c(c1-n1cccc1)CN(C(=O)Cc1c[nH]c3ccccc13)C2. The normalized spacial score (nSPS) is 13.1. The van der Waals surface area contributed by atoms with Crippen molar-refractivity contribution >= 4 is 16.8 Å². The Bertz CT molecular complexity index is 1440. The Labute approximate surface area is 185 Å². The van der Waals surface area contributed by atoms with Crippen LogP contribution in [0.25, 0.3) is 22.4 Å². The second-order valence-electron chi connectivity index (χ2n) is 8.32. The van der Waals surface area contributed by atoms with Crippen molar-refractivity contribution in [1.82, 2.24) is 24.2 Å². The van der Waals surface area contributed by atoms with Crippen molar-refractivity contribution in [3.63, 3.8) is 0 Å². The van der Waals surface area contributed by atoms with E-state index in [4.69, 9.17) is 5.10 Å². The molecule has 0 atom stereocenters. The fourth-order valence-electron chi connectivity index (χ4n) is 4.64. The van der Waals surface area contributed by atoms with Crippen LogP contribution in [0.15, 0.2) is 79.3 Å². The van der Waals surface area contributed by atoms with Gasteiger partial charge in [0, 0.05) is 35.1 Å². The Morgan fingerprint density at radius 2 is 1.78 bits per heavy atom. The van der Waals surface area contributed by atoms with Gasteiger partial charge in [-0.25, -0.2) is 4.68 Å². The largest absolute Gasteiger partial charge is 0.361 e. The first-order valence-corrected chi connectivity index (χ1v) is 10.8. The highest BCUT2D eigenvalue weighted by atomic mass is 16.2. The van der Waals surface area contributed by atoms with Gasteiger partial charge in [0.15, 0.2) is 0 Å². The number of aromatic amines is 1. The molecule has 0 fully saturated rings. The Balaban J connectivity index is 1.33. The highest BCUT2D eigenvalue weighted by Crippen LogP contribution is 2.32. The summed E-state index contributed by atoms with van der Waals surface area (Å²) in [6.07, 6.45) is 6.39. The van der Waals surface area contributed by atoms with Gasteiger partial charge in [-0.2, -0.15) is 5.10 Å². The van der Waals surface area contributed by atoms with Crippen LogP contribution < -0.4 is 0 Å². The number of hydrogen-bond acceptors (Lipinski definition) is 2. The van der Waals surface area contributed by atoms with Gasteiger partial charge >= 0.3 is 0 Å². The molecule has 0 saturated heterocycles. The lowest BCUT2D eigenvalue weighted by molar-refractivity contribution is -0.131. The third kappa shape index (κ3) is 2.95. The van der Waals surface area contributed by atoms with E-state index in [1.165, 1.54) is 0 Å². The summed E-state index contributed by atoms with van der Waals surface area (Å²) in [5.74, 6) is 1.12. The van der Waals surface area contributed by atoms with Crippen LogP contribution in [0.4, 0.5) is 0 Å². The Hall–Kier alpha value is -4.06. The molecule has 4 heterocycles. The van der Waals surface area contributed by atoms with Crippen LogP contribution in [0.3, 0.4) is 0 Å². The van der Waals surface area contributed by atoms with Crippen LogP contribution in [-0.2, 0) is 24.3 Å². The maximum absolute atomic E-state index is 13.2. The first-order valence-electron chi connectivity index (χ1n) is 10.8. The number of para-hydroxylation sites is 2. The third-order valence-electron chi connectivity index (χ3n) is 6.29. The monoisotopic (exact) mass is 421 g/mol. The zero-order valence-electron chi connectivity index (χ0n) is 17.8. The van der Waals surface area contributed by atoms with Crippen molar-refractivity contribution in [2.75, 3.05) is 0 Å². The van der Waals surface area contributed by atoms with E-state index in [1.807, 2.05) is 70.6 Å². The number of aryl methyl sites for hydroxylation is 1. The highest BCUT2D eigenvalue weighted by Gasteiger charge is 2.31. The van der Waals surface area contributed by atoms with Crippen LogP contribution >= 0.6 is 0 Å². The molecule has 1 N–H and O–H groups in total. The number of fused-ring (bicyclic) bond motifs is 2. The Morgan fingerprint density at radius 1 is 1.00 bits per heavy atom. The topological polar surface area (TPSA) is 58.9 Å². The van der Waals surface area contributed by atoms with E-state index in [1.54, 1.807) is 0 Å². The quantitative estimate of drug-likeness (QED) is 0.463. The molecule has 0 saturated carbocycles. The molecule has 0 aliphatic carbocycles. The molecule has 0 unspecified atom stereocenters. The lowest BCUT2D eigenvalue weighted by Gasteiger charge is -2.18. The minimum atomic E-state index is 0.119. The number of amides is 1. The molecule has 3 aromatic heterocycles. The van der Waals surface area contributed by atoms with Crippen LogP contribution in [0.2, 0.25) is 0 Å². The smallest absolute Gasteiger partial charge is 0.227 e. The molecular formula is C26H23N5O. The van der Waals surface area contributed by atoms with Gasteiger partial charge in [0.2, 0.25) is 5.91 Å². The van der Waals surface area contributed by atoms with Gasteiger partial charge in [0.05, 0.1) is 30.9 Å². The van der Waals surface area contributed by atoms with E-state index < -0.39 is 0 Å². The van der Waals surface area contributed by atoms with E-state index in [0.29, 0.717) is 19.5 Å².